The van der Waals surface area contributed by atoms with Crippen molar-refractivity contribution in [3.05, 3.63) is 82.1 Å². The molecular weight excluding hydrogens is 366 g/mol. The molecule has 4 nitrogen and oxygen atoms in total. The van der Waals surface area contributed by atoms with Crippen LogP contribution in [0.15, 0.2) is 54.6 Å². The van der Waals surface area contributed by atoms with E-state index < -0.39 is 11.6 Å². The molecule has 0 spiro atoms. The molecule has 27 heavy (non-hydrogen) atoms. The molecule has 1 atom stereocenters. The minimum Gasteiger partial charge on any atom is -0.348 e. The molecule has 0 amide bonds. The van der Waals surface area contributed by atoms with Gasteiger partial charge in [0.1, 0.15) is 21.8 Å². The molecule has 2 heterocycles. The molecule has 2 aromatic heterocycles. The normalized spacial score (nSPS) is 12.4. The predicted octanol–water partition coefficient (Wildman–Crippen LogP) is 5.10. The first-order valence-corrected chi connectivity index (χ1v) is 8.91. The van der Waals surface area contributed by atoms with Crippen molar-refractivity contribution in [1.82, 2.24) is 20.0 Å². The topological polar surface area (TPSA) is 46.5 Å². The summed E-state index contributed by atoms with van der Waals surface area (Å²) in [5.74, 6) is -1.24. The van der Waals surface area contributed by atoms with Crippen molar-refractivity contribution in [3.8, 4) is 5.69 Å². The van der Waals surface area contributed by atoms with Gasteiger partial charge in [-0.15, -0.1) is 5.10 Å². The molecule has 1 N–H and O–H groups in total. The van der Waals surface area contributed by atoms with Crippen LogP contribution in [-0.2, 0) is 6.42 Å². The maximum absolute atomic E-state index is 13.5. The Balaban J connectivity index is 1.78. The first-order valence-electron chi connectivity index (χ1n) is 8.50. The third-order valence-electron chi connectivity index (χ3n) is 4.46. The zero-order valence-electron chi connectivity index (χ0n) is 14.5. The van der Waals surface area contributed by atoms with Crippen LogP contribution in [0.25, 0.3) is 16.7 Å². The first-order chi connectivity index (χ1) is 13.0. The van der Waals surface area contributed by atoms with Crippen LogP contribution in [0, 0.1) is 16.3 Å². The molecule has 0 saturated heterocycles. The second kappa shape index (κ2) is 7.00. The summed E-state index contributed by atoms with van der Waals surface area (Å²) in [6.07, 6.45) is 0.448. The van der Waals surface area contributed by atoms with Crippen molar-refractivity contribution in [2.24, 2.45) is 0 Å². The average Bonchev–Trinajstić information content (AvgIpc) is 3.05. The highest BCUT2D eigenvalue weighted by Crippen LogP contribution is 2.27. The number of para-hydroxylation sites is 1. The van der Waals surface area contributed by atoms with E-state index in [0.29, 0.717) is 16.6 Å². The highest BCUT2D eigenvalue weighted by Gasteiger charge is 2.17. The van der Waals surface area contributed by atoms with Crippen molar-refractivity contribution in [2.45, 2.75) is 19.3 Å². The van der Waals surface area contributed by atoms with Crippen LogP contribution in [0.4, 0.5) is 8.78 Å². The van der Waals surface area contributed by atoms with Gasteiger partial charge in [0.15, 0.2) is 0 Å². The number of aromatic nitrogens is 4. The lowest BCUT2D eigenvalue weighted by atomic mass is 9.96. The Hall–Kier alpha value is -2.93. The molecule has 0 aliphatic heterocycles. The molecule has 0 aliphatic carbocycles. The molecule has 0 saturated carbocycles. The van der Waals surface area contributed by atoms with Crippen molar-refractivity contribution in [1.29, 1.82) is 0 Å². The number of H-pyrrole nitrogens is 1. The van der Waals surface area contributed by atoms with Crippen molar-refractivity contribution in [2.75, 3.05) is 0 Å². The molecule has 1 unspecified atom stereocenters. The number of pyridine rings is 1. The van der Waals surface area contributed by atoms with E-state index in [0.717, 1.165) is 28.5 Å². The fraction of sp³-hybridized carbons (Fsp3) is 0.150. The van der Waals surface area contributed by atoms with Crippen LogP contribution < -0.4 is 0 Å². The molecular formula is C20H16F2N4S. The van der Waals surface area contributed by atoms with Crippen LogP contribution in [-0.4, -0.2) is 20.0 Å². The number of hydrogen-bond acceptors (Lipinski definition) is 3. The summed E-state index contributed by atoms with van der Waals surface area (Å²) in [5.41, 5.74) is 3.88. The second-order valence-electron chi connectivity index (χ2n) is 6.49. The highest BCUT2D eigenvalue weighted by molar-refractivity contribution is 7.71. The van der Waals surface area contributed by atoms with Crippen LogP contribution in [0.5, 0.6) is 0 Å². The van der Waals surface area contributed by atoms with Crippen LogP contribution >= 0.6 is 12.2 Å². The van der Waals surface area contributed by atoms with Gasteiger partial charge >= 0.3 is 0 Å². The van der Waals surface area contributed by atoms with E-state index in [1.165, 1.54) is 12.1 Å². The monoisotopic (exact) mass is 382 g/mol. The number of fused-ring (bicyclic) bond motifs is 1. The number of nitrogens with one attached hydrogen (secondary N) is 1. The number of aromatic amines is 1. The van der Waals surface area contributed by atoms with Crippen molar-refractivity contribution in [3.63, 3.8) is 0 Å². The van der Waals surface area contributed by atoms with Gasteiger partial charge in [-0.3, -0.25) is 0 Å². The molecule has 0 aliphatic rings. The van der Waals surface area contributed by atoms with Gasteiger partial charge in [-0.1, -0.05) is 36.5 Å². The van der Waals surface area contributed by atoms with Gasteiger partial charge in [-0.25, -0.2) is 13.5 Å². The van der Waals surface area contributed by atoms with Gasteiger partial charge in [0.05, 0.1) is 11.2 Å². The zero-order chi connectivity index (χ0) is 19.0. The summed E-state index contributed by atoms with van der Waals surface area (Å²) in [5, 5.41) is 8.47. The molecule has 4 rings (SSSR count). The lowest BCUT2D eigenvalue weighted by Crippen LogP contribution is -2.09. The van der Waals surface area contributed by atoms with Gasteiger partial charge < -0.3 is 4.98 Å². The van der Waals surface area contributed by atoms with Gasteiger partial charge in [0.25, 0.3) is 0 Å². The smallest absolute Gasteiger partial charge is 0.126 e. The summed E-state index contributed by atoms with van der Waals surface area (Å²) in [6, 6.07) is 14.9. The largest absolute Gasteiger partial charge is 0.348 e. The first kappa shape index (κ1) is 17.5. The van der Waals surface area contributed by atoms with E-state index in [2.05, 4.69) is 15.3 Å². The summed E-state index contributed by atoms with van der Waals surface area (Å²) in [6.45, 7) is 1.98. The fourth-order valence-electron chi connectivity index (χ4n) is 3.27. The summed E-state index contributed by atoms with van der Waals surface area (Å²) >= 11 is 5.29. The van der Waals surface area contributed by atoms with Crippen LogP contribution in [0.1, 0.15) is 24.1 Å². The molecule has 0 fully saturated rings. The van der Waals surface area contributed by atoms with E-state index in [4.69, 9.17) is 12.2 Å². The third kappa shape index (κ3) is 3.50. The minimum atomic E-state index is -0.583. The molecule has 0 radical (unpaired) electrons. The van der Waals surface area contributed by atoms with Gasteiger partial charge in [-0.05, 0) is 48.4 Å². The van der Waals surface area contributed by atoms with Crippen molar-refractivity contribution >= 4 is 23.3 Å². The van der Waals surface area contributed by atoms with Gasteiger partial charge in [0.2, 0.25) is 0 Å². The van der Waals surface area contributed by atoms with Crippen molar-refractivity contribution < 1.29 is 8.78 Å². The van der Waals surface area contributed by atoms with E-state index in [1.54, 1.807) is 10.7 Å². The molecule has 4 aromatic rings. The average molecular weight is 382 g/mol. The quantitative estimate of drug-likeness (QED) is 0.499. The van der Waals surface area contributed by atoms with E-state index in [-0.39, 0.29) is 5.92 Å². The van der Waals surface area contributed by atoms with Crippen LogP contribution in [0.3, 0.4) is 0 Å². The Morgan fingerprint density at radius 2 is 1.81 bits per heavy atom. The highest BCUT2D eigenvalue weighted by atomic mass is 32.1. The zero-order valence-corrected chi connectivity index (χ0v) is 15.3. The maximum atomic E-state index is 13.5. The van der Waals surface area contributed by atoms with E-state index >= 15 is 0 Å². The molecule has 136 valence electrons. The summed E-state index contributed by atoms with van der Waals surface area (Å²) < 4.78 is 29.4. The SMILES string of the molecule is CC(Cc1cc(F)cc(F)c1)c1[nH]c(=S)ccc1-n1nnc2ccccc21. The predicted molar refractivity (Wildman–Crippen MR) is 103 cm³/mol. The molecule has 7 heteroatoms. The molecule has 2 aromatic carbocycles. The van der Waals surface area contributed by atoms with E-state index in [1.807, 2.05) is 37.3 Å². The van der Waals surface area contributed by atoms with Gasteiger partial charge in [0, 0.05) is 17.7 Å². The third-order valence-corrected chi connectivity index (χ3v) is 4.70. The fourth-order valence-corrected chi connectivity index (χ4v) is 3.45. The maximum Gasteiger partial charge on any atom is 0.126 e. The Morgan fingerprint density at radius 1 is 1.07 bits per heavy atom. The lowest BCUT2D eigenvalue weighted by molar-refractivity contribution is 0.576. The Bertz CT molecular complexity index is 1160. The number of rotatable bonds is 4. The van der Waals surface area contributed by atoms with Gasteiger partial charge in [-0.2, -0.15) is 0 Å². The Labute approximate surface area is 159 Å². The number of benzene rings is 2. The number of nitrogens with zero attached hydrogens (tertiary/aromatic N) is 3. The standard InChI is InChI=1S/C20H16F2N4S/c1-12(8-13-9-14(21)11-15(22)10-13)20-18(6-7-19(27)23-20)26-17-5-3-2-4-16(17)24-25-26/h2-7,9-12H,8H2,1H3,(H,23,27). The Morgan fingerprint density at radius 3 is 2.59 bits per heavy atom. The number of hydrogen-bond donors (Lipinski definition) is 1. The summed E-state index contributed by atoms with van der Waals surface area (Å²) in [7, 11) is 0. The molecule has 0 bridgehead atoms. The Kier molecular flexibility index (Phi) is 4.53. The number of halogens is 2. The summed E-state index contributed by atoms with van der Waals surface area (Å²) in [4.78, 5) is 3.22. The minimum absolute atomic E-state index is 0.0768. The lowest BCUT2D eigenvalue weighted by Gasteiger charge is -2.17. The second-order valence-corrected chi connectivity index (χ2v) is 6.93. The van der Waals surface area contributed by atoms with E-state index in [9.17, 15) is 8.78 Å². The van der Waals surface area contributed by atoms with Crippen LogP contribution in [0.2, 0.25) is 0 Å².